The second-order valence-electron chi connectivity index (χ2n) is 6.06. The molecule has 0 saturated heterocycles. The van der Waals surface area contributed by atoms with E-state index in [1.54, 1.807) is 39.7 Å². The summed E-state index contributed by atoms with van der Waals surface area (Å²) in [6, 6.07) is 7.98. The standard InChI is InChI=1S/C20H29N3O3S.HI/c1-14(19-7-6-10-27-19)13-23-20(21-2)22-9-8-16-17(25-4)11-15(24-3)12-18(16)26-5;/h6-7,10-12,14H,8-9,13H2,1-5H3,(H2,21,22,23);1H. The molecule has 2 aromatic rings. The summed E-state index contributed by atoms with van der Waals surface area (Å²) < 4.78 is 16.3. The van der Waals surface area contributed by atoms with E-state index in [4.69, 9.17) is 14.2 Å². The minimum absolute atomic E-state index is 0. The van der Waals surface area contributed by atoms with Crippen LogP contribution in [-0.4, -0.2) is 47.4 Å². The van der Waals surface area contributed by atoms with Crippen molar-refractivity contribution in [3.63, 3.8) is 0 Å². The first-order chi connectivity index (χ1) is 13.1. The van der Waals surface area contributed by atoms with Crippen molar-refractivity contribution in [2.45, 2.75) is 19.3 Å². The number of guanidine groups is 1. The van der Waals surface area contributed by atoms with E-state index in [0.717, 1.165) is 36.0 Å². The van der Waals surface area contributed by atoms with Crippen molar-refractivity contribution < 1.29 is 14.2 Å². The smallest absolute Gasteiger partial charge is 0.191 e. The van der Waals surface area contributed by atoms with Gasteiger partial charge in [-0.15, -0.1) is 35.3 Å². The summed E-state index contributed by atoms with van der Waals surface area (Å²) in [6.07, 6.45) is 0.734. The van der Waals surface area contributed by atoms with Gasteiger partial charge in [0, 0.05) is 48.6 Å². The van der Waals surface area contributed by atoms with Crippen LogP contribution < -0.4 is 24.8 Å². The van der Waals surface area contributed by atoms with Gasteiger partial charge in [0.05, 0.1) is 21.3 Å². The Morgan fingerprint density at radius 2 is 1.79 bits per heavy atom. The van der Waals surface area contributed by atoms with Crippen molar-refractivity contribution >= 4 is 41.3 Å². The molecule has 2 N–H and O–H groups in total. The summed E-state index contributed by atoms with van der Waals surface area (Å²) >= 11 is 1.78. The van der Waals surface area contributed by atoms with E-state index < -0.39 is 0 Å². The monoisotopic (exact) mass is 519 g/mol. The van der Waals surface area contributed by atoms with E-state index >= 15 is 0 Å². The van der Waals surface area contributed by atoms with E-state index in [1.165, 1.54) is 4.88 Å². The van der Waals surface area contributed by atoms with Crippen molar-refractivity contribution in [3.8, 4) is 17.2 Å². The molecule has 6 nitrogen and oxygen atoms in total. The summed E-state index contributed by atoms with van der Waals surface area (Å²) in [4.78, 5) is 5.67. The van der Waals surface area contributed by atoms with Crippen molar-refractivity contribution in [3.05, 3.63) is 40.1 Å². The third kappa shape index (κ3) is 6.73. The van der Waals surface area contributed by atoms with Crippen molar-refractivity contribution in [2.75, 3.05) is 41.5 Å². The average molecular weight is 519 g/mol. The number of ether oxygens (including phenoxy) is 3. The van der Waals surface area contributed by atoms with Crippen molar-refractivity contribution in [1.82, 2.24) is 10.6 Å². The molecular formula is C20H30IN3O3S. The van der Waals surface area contributed by atoms with Crippen LogP contribution in [0.3, 0.4) is 0 Å². The Morgan fingerprint density at radius 3 is 2.29 bits per heavy atom. The van der Waals surface area contributed by atoms with E-state index in [1.807, 2.05) is 12.1 Å². The van der Waals surface area contributed by atoms with Gasteiger partial charge in [-0.2, -0.15) is 0 Å². The van der Waals surface area contributed by atoms with Gasteiger partial charge in [0.2, 0.25) is 0 Å². The number of rotatable bonds is 9. The van der Waals surface area contributed by atoms with Crippen LogP contribution in [0, 0.1) is 0 Å². The molecule has 0 aliphatic rings. The molecule has 28 heavy (non-hydrogen) atoms. The Kier molecular flexibility index (Phi) is 11.1. The lowest BCUT2D eigenvalue weighted by atomic mass is 10.1. The molecule has 0 saturated carbocycles. The first kappa shape index (κ1) is 24.4. The molecule has 1 atom stereocenters. The zero-order valence-electron chi connectivity index (χ0n) is 17.1. The number of nitrogens with zero attached hydrogens (tertiary/aromatic N) is 1. The number of methoxy groups -OCH3 is 3. The maximum absolute atomic E-state index is 5.50. The lowest BCUT2D eigenvalue weighted by molar-refractivity contribution is 0.368. The second kappa shape index (κ2) is 12.7. The molecule has 2 rings (SSSR count). The zero-order valence-corrected chi connectivity index (χ0v) is 20.2. The number of benzene rings is 1. The maximum atomic E-state index is 5.50. The van der Waals surface area contributed by atoms with Gasteiger partial charge in [-0.1, -0.05) is 13.0 Å². The normalized spacial score (nSPS) is 12.0. The Bertz CT molecular complexity index is 713. The number of thiophene rings is 1. The molecule has 0 aliphatic carbocycles. The molecule has 1 heterocycles. The molecule has 0 spiro atoms. The number of hydrogen-bond donors (Lipinski definition) is 2. The lowest BCUT2D eigenvalue weighted by Crippen LogP contribution is -2.39. The quantitative estimate of drug-likeness (QED) is 0.299. The summed E-state index contributed by atoms with van der Waals surface area (Å²) in [7, 11) is 6.71. The minimum atomic E-state index is 0. The molecule has 156 valence electrons. The van der Waals surface area contributed by atoms with Gasteiger partial charge >= 0.3 is 0 Å². The fourth-order valence-electron chi connectivity index (χ4n) is 2.77. The maximum Gasteiger partial charge on any atom is 0.191 e. The third-order valence-corrected chi connectivity index (χ3v) is 5.42. The molecule has 1 aromatic carbocycles. The lowest BCUT2D eigenvalue weighted by Gasteiger charge is -2.17. The number of aliphatic imine (C=N–C) groups is 1. The Hall–Kier alpha value is -1.68. The molecule has 1 aromatic heterocycles. The van der Waals surface area contributed by atoms with Gasteiger partial charge in [-0.3, -0.25) is 4.99 Å². The summed E-state index contributed by atoms with van der Waals surface area (Å²) in [6.45, 7) is 3.74. The van der Waals surface area contributed by atoms with E-state index in [-0.39, 0.29) is 24.0 Å². The molecule has 0 aliphatic heterocycles. The second-order valence-corrected chi connectivity index (χ2v) is 7.04. The highest BCUT2D eigenvalue weighted by atomic mass is 127. The van der Waals surface area contributed by atoms with Crippen LogP contribution in [0.4, 0.5) is 0 Å². The van der Waals surface area contributed by atoms with Gasteiger partial charge in [0.1, 0.15) is 17.2 Å². The molecule has 0 amide bonds. The highest BCUT2D eigenvalue weighted by Crippen LogP contribution is 2.34. The van der Waals surface area contributed by atoms with Crippen LogP contribution in [0.1, 0.15) is 23.3 Å². The first-order valence-corrected chi connectivity index (χ1v) is 9.77. The highest BCUT2D eigenvalue weighted by Gasteiger charge is 2.13. The summed E-state index contributed by atoms with van der Waals surface area (Å²) in [5, 5.41) is 8.84. The van der Waals surface area contributed by atoms with Gasteiger partial charge in [0.15, 0.2) is 5.96 Å². The Balaban J connectivity index is 0.00000392. The Labute approximate surface area is 188 Å². The van der Waals surface area contributed by atoms with Crippen LogP contribution >= 0.6 is 35.3 Å². The van der Waals surface area contributed by atoms with Crippen molar-refractivity contribution in [2.24, 2.45) is 4.99 Å². The minimum Gasteiger partial charge on any atom is -0.496 e. The van der Waals surface area contributed by atoms with Crippen LogP contribution in [-0.2, 0) is 6.42 Å². The SMILES string of the molecule is CN=C(NCCc1c(OC)cc(OC)cc1OC)NCC(C)c1cccs1.I. The van der Waals surface area contributed by atoms with E-state index in [9.17, 15) is 0 Å². The van der Waals surface area contributed by atoms with E-state index in [0.29, 0.717) is 18.2 Å². The number of halogens is 1. The highest BCUT2D eigenvalue weighted by molar-refractivity contribution is 14.0. The number of hydrogen-bond acceptors (Lipinski definition) is 5. The first-order valence-electron chi connectivity index (χ1n) is 8.89. The molecular weight excluding hydrogens is 489 g/mol. The average Bonchev–Trinajstić information content (AvgIpc) is 3.24. The van der Waals surface area contributed by atoms with Crippen LogP contribution in [0.5, 0.6) is 17.2 Å². The fourth-order valence-corrected chi connectivity index (χ4v) is 3.56. The molecule has 0 bridgehead atoms. The fraction of sp³-hybridized carbons (Fsp3) is 0.450. The van der Waals surface area contributed by atoms with Gasteiger partial charge < -0.3 is 24.8 Å². The van der Waals surface area contributed by atoms with E-state index in [2.05, 4.69) is 40.1 Å². The van der Waals surface area contributed by atoms with Gasteiger partial charge in [-0.25, -0.2) is 0 Å². The van der Waals surface area contributed by atoms with Crippen LogP contribution in [0.15, 0.2) is 34.6 Å². The van der Waals surface area contributed by atoms with Crippen LogP contribution in [0.25, 0.3) is 0 Å². The summed E-state index contributed by atoms with van der Waals surface area (Å²) in [5.74, 6) is 3.43. The molecule has 0 fully saturated rings. The molecule has 1 unspecified atom stereocenters. The Morgan fingerprint density at radius 1 is 1.11 bits per heavy atom. The molecule has 8 heteroatoms. The third-order valence-electron chi connectivity index (χ3n) is 4.31. The molecule has 0 radical (unpaired) electrons. The summed E-state index contributed by atoms with van der Waals surface area (Å²) in [5.41, 5.74) is 0.996. The van der Waals surface area contributed by atoms with Crippen molar-refractivity contribution in [1.29, 1.82) is 0 Å². The van der Waals surface area contributed by atoms with Crippen LogP contribution in [0.2, 0.25) is 0 Å². The predicted molar refractivity (Wildman–Crippen MR) is 127 cm³/mol. The zero-order chi connectivity index (χ0) is 19.6. The van der Waals surface area contributed by atoms with Gasteiger partial charge in [0.25, 0.3) is 0 Å². The predicted octanol–water partition coefficient (Wildman–Crippen LogP) is 3.90. The number of nitrogens with one attached hydrogen (secondary N) is 2. The largest absolute Gasteiger partial charge is 0.496 e. The topological polar surface area (TPSA) is 64.1 Å². The van der Waals surface area contributed by atoms with Gasteiger partial charge in [-0.05, 0) is 17.9 Å².